The van der Waals surface area contributed by atoms with Crippen LogP contribution in [0.4, 0.5) is 11.8 Å². The minimum atomic E-state index is -0.134. The van der Waals surface area contributed by atoms with E-state index in [0.29, 0.717) is 12.5 Å². The predicted molar refractivity (Wildman–Crippen MR) is 110 cm³/mol. The fourth-order valence-electron chi connectivity index (χ4n) is 3.28. The van der Waals surface area contributed by atoms with Gasteiger partial charge in [-0.25, -0.2) is 4.98 Å². The van der Waals surface area contributed by atoms with Gasteiger partial charge in [-0.1, -0.05) is 34.1 Å². The number of anilines is 2. The van der Waals surface area contributed by atoms with Gasteiger partial charge < -0.3 is 21.3 Å². The second-order valence-electron chi connectivity index (χ2n) is 6.82. The second-order valence-corrected chi connectivity index (χ2v) is 7.68. The lowest BCUT2D eigenvalue weighted by molar-refractivity contribution is 0.377. The molecule has 0 radical (unpaired) electrons. The van der Waals surface area contributed by atoms with E-state index in [1.54, 1.807) is 6.20 Å². The van der Waals surface area contributed by atoms with E-state index >= 15 is 0 Å². The molecule has 1 aromatic carbocycles. The third-order valence-electron chi connectivity index (χ3n) is 4.81. The smallest absolute Gasteiger partial charge is 0.224 e. The van der Waals surface area contributed by atoms with E-state index in [9.17, 15) is 0 Å². The minimum Gasteiger partial charge on any atom is -0.359 e. The third kappa shape index (κ3) is 5.16. The predicted octanol–water partition coefficient (Wildman–Crippen LogP) is 2.79. The van der Waals surface area contributed by atoms with E-state index in [4.69, 9.17) is 5.73 Å². The number of nitrogens with one attached hydrogen (secondary N) is 2. The van der Waals surface area contributed by atoms with Gasteiger partial charge in [0.1, 0.15) is 5.82 Å². The van der Waals surface area contributed by atoms with Gasteiger partial charge in [0.15, 0.2) is 0 Å². The van der Waals surface area contributed by atoms with E-state index in [1.807, 2.05) is 30.3 Å². The molecule has 0 spiro atoms. The number of halogens is 1. The lowest BCUT2D eigenvalue weighted by atomic mass is 9.98. The van der Waals surface area contributed by atoms with Crippen molar-refractivity contribution in [2.45, 2.75) is 18.9 Å². The topological polar surface area (TPSA) is 79.1 Å². The number of rotatable bonds is 7. The Balaban J connectivity index is 1.57. The lowest BCUT2D eigenvalue weighted by Gasteiger charge is -2.28. The molecule has 1 saturated heterocycles. The average Bonchev–Trinajstić information content (AvgIpc) is 2.67. The monoisotopic (exact) mass is 418 g/mol. The molecule has 0 bridgehead atoms. The molecular formula is C19H27BrN6. The first kappa shape index (κ1) is 19.1. The van der Waals surface area contributed by atoms with Crippen LogP contribution in [0, 0.1) is 5.92 Å². The maximum absolute atomic E-state index is 6.30. The zero-order valence-corrected chi connectivity index (χ0v) is 16.7. The molecule has 3 rings (SSSR count). The molecule has 26 heavy (non-hydrogen) atoms. The molecule has 1 aromatic heterocycles. The second kappa shape index (κ2) is 9.30. The standard InChI is InChI=1S/C19H27BrN6/c1-26(13-14-6-9-22-10-7-14)18-8-11-23-19(25-18)24-12-17(21)15-4-2-3-5-16(15)20/h2-5,8,11,14,17,22H,6-7,9-10,12-13,21H2,1H3,(H,23,24,25). The van der Waals surface area contributed by atoms with Crippen LogP contribution in [-0.4, -0.2) is 43.2 Å². The summed E-state index contributed by atoms with van der Waals surface area (Å²) in [5.74, 6) is 2.27. The van der Waals surface area contributed by atoms with Gasteiger partial charge in [0.25, 0.3) is 0 Å². The Hall–Kier alpha value is -1.70. The Morgan fingerprint density at radius 1 is 1.31 bits per heavy atom. The highest BCUT2D eigenvalue weighted by Gasteiger charge is 2.16. The Labute approximate surface area is 163 Å². The number of hydrogen-bond acceptors (Lipinski definition) is 6. The van der Waals surface area contributed by atoms with Gasteiger partial charge in [-0.3, -0.25) is 0 Å². The Morgan fingerprint density at radius 2 is 2.08 bits per heavy atom. The van der Waals surface area contributed by atoms with Crippen LogP contribution in [0.5, 0.6) is 0 Å². The van der Waals surface area contributed by atoms with Crippen molar-refractivity contribution in [3.05, 3.63) is 46.6 Å². The zero-order valence-electron chi connectivity index (χ0n) is 15.2. The minimum absolute atomic E-state index is 0.134. The van der Waals surface area contributed by atoms with Crippen LogP contribution >= 0.6 is 15.9 Å². The Kier molecular flexibility index (Phi) is 6.82. The van der Waals surface area contributed by atoms with Crippen LogP contribution in [0.15, 0.2) is 41.0 Å². The lowest BCUT2D eigenvalue weighted by Crippen LogP contribution is -2.34. The summed E-state index contributed by atoms with van der Waals surface area (Å²) in [6.45, 7) is 3.82. The molecule has 1 fully saturated rings. The summed E-state index contributed by atoms with van der Waals surface area (Å²) >= 11 is 3.55. The van der Waals surface area contributed by atoms with Crippen molar-refractivity contribution in [2.75, 3.05) is 43.4 Å². The molecule has 1 atom stereocenters. The molecule has 7 heteroatoms. The molecule has 0 saturated carbocycles. The van der Waals surface area contributed by atoms with Gasteiger partial charge in [0, 0.05) is 36.8 Å². The van der Waals surface area contributed by atoms with Crippen LogP contribution < -0.4 is 21.3 Å². The van der Waals surface area contributed by atoms with Crippen molar-refractivity contribution in [3.8, 4) is 0 Å². The van der Waals surface area contributed by atoms with Gasteiger partial charge in [0.05, 0.1) is 0 Å². The number of benzene rings is 1. The maximum Gasteiger partial charge on any atom is 0.224 e. The summed E-state index contributed by atoms with van der Waals surface area (Å²) in [7, 11) is 2.10. The van der Waals surface area contributed by atoms with Gasteiger partial charge >= 0.3 is 0 Å². The van der Waals surface area contributed by atoms with E-state index in [2.05, 4.69) is 48.5 Å². The van der Waals surface area contributed by atoms with Crippen molar-refractivity contribution in [1.29, 1.82) is 0 Å². The van der Waals surface area contributed by atoms with Crippen LogP contribution in [-0.2, 0) is 0 Å². The summed E-state index contributed by atoms with van der Waals surface area (Å²) in [4.78, 5) is 11.2. The SMILES string of the molecule is CN(CC1CCNCC1)c1ccnc(NCC(N)c2ccccc2Br)n1. The number of aromatic nitrogens is 2. The molecule has 0 amide bonds. The molecule has 140 valence electrons. The summed E-state index contributed by atoms with van der Waals surface area (Å²) < 4.78 is 1.02. The molecule has 2 aromatic rings. The Bertz CT molecular complexity index is 704. The van der Waals surface area contributed by atoms with E-state index in [-0.39, 0.29) is 6.04 Å². The average molecular weight is 419 g/mol. The number of nitrogens with zero attached hydrogens (tertiary/aromatic N) is 3. The van der Waals surface area contributed by atoms with Crippen LogP contribution in [0.3, 0.4) is 0 Å². The van der Waals surface area contributed by atoms with Gasteiger partial charge in [0.2, 0.25) is 5.95 Å². The number of hydrogen-bond donors (Lipinski definition) is 3. The normalized spacial score (nSPS) is 16.3. The highest BCUT2D eigenvalue weighted by molar-refractivity contribution is 9.10. The summed E-state index contributed by atoms with van der Waals surface area (Å²) in [6.07, 6.45) is 4.25. The molecular weight excluding hydrogens is 392 g/mol. The van der Waals surface area contributed by atoms with Crippen LogP contribution in [0.25, 0.3) is 0 Å². The molecule has 1 aliphatic heterocycles. The summed E-state index contributed by atoms with van der Waals surface area (Å²) in [5.41, 5.74) is 7.37. The molecule has 0 aliphatic carbocycles. The van der Waals surface area contributed by atoms with Crippen molar-refractivity contribution in [1.82, 2.24) is 15.3 Å². The third-order valence-corrected chi connectivity index (χ3v) is 5.53. The molecule has 1 aliphatic rings. The quantitative estimate of drug-likeness (QED) is 0.641. The molecule has 4 N–H and O–H groups in total. The first-order chi connectivity index (χ1) is 12.6. The fraction of sp³-hybridized carbons (Fsp3) is 0.474. The van der Waals surface area contributed by atoms with Gasteiger partial charge in [-0.05, 0) is 49.5 Å². The van der Waals surface area contributed by atoms with Gasteiger partial charge in [-0.2, -0.15) is 4.98 Å². The molecule has 6 nitrogen and oxygen atoms in total. The number of piperidine rings is 1. The van der Waals surface area contributed by atoms with E-state index < -0.39 is 0 Å². The van der Waals surface area contributed by atoms with Crippen molar-refractivity contribution < 1.29 is 0 Å². The van der Waals surface area contributed by atoms with Crippen molar-refractivity contribution >= 4 is 27.7 Å². The van der Waals surface area contributed by atoms with Crippen molar-refractivity contribution in [2.24, 2.45) is 11.7 Å². The highest BCUT2D eigenvalue weighted by atomic mass is 79.9. The highest BCUT2D eigenvalue weighted by Crippen LogP contribution is 2.22. The first-order valence-electron chi connectivity index (χ1n) is 9.12. The van der Waals surface area contributed by atoms with E-state index in [1.165, 1.54) is 12.8 Å². The summed E-state index contributed by atoms with van der Waals surface area (Å²) in [5, 5.41) is 6.68. The molecule has 2 heterocycles. The summed E-state index contributed by atoms with van der Waals surface area (Å²) in [6, 6.07) is 9.83. The first-order valence-corrected chi connectivity index (χ1v) is 9.91. The van der Waals surface area contributed by atoms with Crippen molar-refractivity contribution in [3.63, 3.8) is 0 Å². The van der Waals surface area contributed by atoms with Crippen LogP contribution in [0.2, 0.25) is 0 Å². The van der Waals surface area contributed by atoms with Gasteiger partial charge in [-0.15, -0.1) is 0 Å². The Morgan fingerprint density at radius 3 is 2.85 bits per heavy atom. The fourth-order valence-corrected chi connectivity index (χ4v) is 3.86. The largest absolute Gasteiger partial charge is 0.359 e. The zero-order chi connectivity index (χ0) is 18.4. The number of nitrogens with two attached hydrogens (primary N) is 1. The maximum atomic E-state index is 6.30. The van der Waals surface area contributed by atoms with E-state index in [0.717, 1.165) is 41.4 Å². The van der Waals surface area contributed by atoms with Crippen LogP contribution in [0.1, 0.15) is 24.4 Å². The molecule has 1 unspecified atom stereocenters.